The Balaban J connectivity index is 2.26. The van der Waals surface area contributed by atoms with Gasteiger partial charge in [0, 0.05) is 29.0 Å². The first kappa shape index (κ1) is 12.5. The molecule has 18 heavy (non-hydrogen) atoms. The van der Waals surface area contributed by atoms with E-state index in [9.17, 15) is 4.79 Å². The molecular formula is C14H13ClN2O. The molecule has 0 fully saturated rings. The van der Waals surface area contributed by atoms with Crippen LogP contribution in [-0.4, -0.2) is 13.0 Å². The SMILES string of the molecule is CN(C(=O)c1cccc(N)c1)c1ccc(Cl)cc1. The van der Waals surface area contributed by atoms with Crippen LogP contribution in [0.1, 0.15) is 10.4 Å². The third kappa shape index (κ3) is 2.63. The molecule has 2 rings (SSSR count). The number of rotatable bonds is 2. The van der Waals surface area contributed by atoms with Crippen molar-refractivity contribution in [2.75, 3.05) is 17.7 Å². The predicted molar refractivity (Wildman–Crippen MR) is 75.0 cm³/mol. The lowest BCUT2D eigenvalue weighted by Crippen LogP contribution is -2.26. The van der Waals surface area contributed by atoms with Crippen LogP contribution in [0.25, 0.3) is 0 Å². The molecule has 0 radical (unpaired) electrons. The summed E-state index contributed by atoms with van der Waals surface area (Å²) in [5.74, 6) is -0.107. The number of nitrogens with two attached hydrogens (primary N) is 1. The molecular weight excluding hydrogens is 248 g/mol. The molecule has 2 N–H and O–H groups in total. The van der Waals surface area contributed by atoms with Crippen LogP contribution in [0.3, 0.4) is 0 Å². The number of nitrogens with zero attached hydrogens (tertiary/aromatic N) is 1. The van der Waals surface area contributed by atoms with E-state index in [1.807, 2.05) is 0 Å². The predicted octanol–water partition coefficient (Wildman–Crippen LogP) is 3.20. The molecule has 0 heterocycles. The molecule has 0 unspecified atom stereocenters. The minimum atomic E-state index is -0.107. The van der Waals surface area contributed by atoms with E-state index in [2.05, 4.69) is 0 Å². The molecule has 0 aliphatic rings. The third-order valence-electron chi connectivity index (χ3n) is 2.65. The van der Waals surface area contributed by atoms with Crippen LogP contribution in [-0.2, 0) is 0 Å². The van der Waals surface area contributed by atoms with Crippen LogP contribution in [0.5, 0.6) is 0 Å². The minimum absolute atomic E-state index is 0.107. The van der Waals surface area contributed by atoms with Crippen molar-refractivity contribution in [1.29, 1.82) is 0 Å². The second kappa shape index (κ2) is 5.10. The fourth-order valence-electron chi connectivity index (χ4n) is 1.65. The Morgan fingerprint density at radius 3 is 2.44 bits per heavy atom. The molecule has 3 nitrogen and oxygen atoms in total. The Kier molecular flexibility index (Phi) is 3.53. The topological polar surface area (TPSA) is 46.3 Å². The lowest BCUT2D eigenvalue weighted by Gasteiger charge is -2.17. The van der Waals surface area contributed by atoms with Crippen LogP contribution in [0.2, 0.25) is 5.02 Å². The first-order chi connectivity index (χ1) is 8.58. The Hall–Kier alpha value is -2.00. The summed E-state index contributed by atoms with van der Waals surface area (Å²) in [4.78, 5) is 13.8. The molecule has 0 saturated carbocycles. The van der Waals surface area contributed by atoms with E-state index < -0.39 is 0 Å². The first-order valence-corrected chi connectivity index (χ1v) is 5.85. The zero-order chi connectivity index (χ0) is 13.1. The zero-order valence-corrected chi connectivity index (χ0v) is 10.7. The highest BCUT2D eigenvalue weighted by atomic mass is 35.5. The van der Waals surface area contributed by atoms with E-state index in [1.54, 1.807) is 60.5 Å². The molecule has 1 amide bonds. The van der Waals surface area contributed by atoms with Crippen molar-refractivity contribution in [3.05, 3.63) is 59.1 Å². The smallest absolute Gasteiger partial charge is 0.258 e. The van der Waals surface area contributed by atoms with Crippen LogP contribution in [0.15, 0.2) is 48.5 Å². The van der Waals surface area contributed by atoms with E-state index in [1.165, 1.54) is 0 Å². The van der Waals surface area contributed by atoms with Crippen molar-refractivity contribution in [3.63, 3.8) is 0 Å². The molecule has 0 saturated heterocycles. The van der Waals surface area contributed by atoms with Gasteiger partial charge in [-0.1, -0.05) is 17.7 Å². The van der Waals surface area contributed by atoms with Crippen molar-refractivity contribution in [3.8, 4) is 0 Å². The van der Waals surface area contributed by atoms with Gasteiger partial charge in [-0.3, -0.25) is 4.79 Å². The highest BCUT2D eigenvalue weighted by Crippen LogP contribution is 2.19. The summed E-state index contributed by atoms with van der Waals surface area (Å²) in [6.45, 7) is 0. The quantitative estimate of drug-likeness (QED) is 0.843. The molecule has 92 valence electrons. The molecule has 0 atom stereocenters. The van der Waals surface area contributed by atoms with Gasteiger partial charge in [0.2, 0.25) is 0 Å². The zero-order valence-electron chi connectivity index (χ0n) is 9.93. The van der Waals surface area contributed by atoms with Gasteiger partial charge in [-0.05, 0) is 42.5 Å². The number of benzene rings is 2. The molecule has 2 aromatic rings. The molecule has 4 heteroatoms. The fraction of sp³-hybridized carbons (Fsp3) is 0.0714. The van der Waals surface area contributed by atoms with Gasteiger partial charge in [0.05, 0.1) is 0 Å². The van der Waals surface area contributed by atoms with E-state index >= 15 is 0 Å². The Labute approximate surface area is 111 Å². The van der Waals surface area contributed by atoms with Crippen molar-refractivity contribution >= 4 is 28.9 Å². The minimum Gasteiger partial charge on any atom is -0.399 e. The van der Waals surface area contributed by atoms with E-state index in [4.69, 9.17) is 17.3 Å². The van der Waals surface area contributed by atoms with Crippen LogP contribution in [0.4, 0.5) is 11.4 Å². The maximum Gasteiger partial charge on any atom is 0.258 e. The largest absolute Gasteiger partial charge is 0.399 e. The molecule has 2 aromatic carbocycles. The van der Waals surface area contributed by atoms with Crippen molar-refractivity contribution in [2.45, 2.75) is 0 Å². The molecule has 0 aromatic heterocycles. The summed E-state index contributed by atoms with van der Waals surface area (Å²) >= 11 is 5.81. The molecule has 0 aliphatic carbocycles. The van der Waals surface area contributed by atoms with Gasteiger partial charge in [-0.15, -0.1) is 0 Å². The fourth-order valence-corrected chi connectivity index (χ4v) is 1.77. The summed E-state index contributed by atoms with van der Waals surface area (Å²) in [7, 11) is 1.72. The lowest BCUT2D eigenvalue weighted by atomic mass is 10.1. The van der Waals surface area contributed by atoms with E-state index in [0.29, 0.717) is 16.3 Å². The van der Waals surface area contributed by atoms with Crippen LogP contribution >= 0.6 is 11.6 Å². The number of nitrogen functional groups attached to an aromatic ring is 1. The third-order valence-corrected chi connectivity index (χ3v) is 2.90. The summed E-state index contributed by atoms with van der Waals surface area (Å²) < 4.78 is 0. The first-order valence-electron chi connectivity index (χ1n) is 5.47. The van der Waals surface area contributed by atoms with Crippen LogP contribution < -0.4 is 10.6 Å². The highest BCUT2D eigenvalue weighted by molar-refractivity contribution is 6.30. The maximum atomic E-state index is 12.2. The lowest BCUT2D eigenvalue weighted by molar-refractivity contribution is 0.0993. The van der Waals surface area contributed by atoms with E-state index in [-0.39, 0.29) is 5.91 Å². The van der Waals surface area contributed by atoms with Crippen molar-refractivity contribution in [1.82, 2.24) is 0 Å². The number of carbonyl (C=O) groups excluding carboxylic acids is 1. The van der Waals surface area contributed by atoms with Crippen molar-refractivity contribution in [2.24, 2.45) is 0 Å². The summed E-state index contributed by atoms with van der Waals surface area (Å²) in [5, 5.41) is 0.642. The normalized spacial score (nSPS) is 10.1. The van der Waals surface area contributed by atoms with Gasteiger partial charge in [0.15, 0.2) is 0 Å². The Morgan fingerprint density at radius 2 is 1.83 bits per heavy atom. The second-order valence-electron chi connectivity index (χ2n) is 3.97. The maximum absolute atomic E-state index is 12.2. The molecule has 0 bridgehead atoms. The second-order valence-corrected chi connectivity index (χ2v) is 4.40. The van der Waals surface area contributed by atoms with E-state index in [0.717, 1.165) is 5.69 Å². The van der Waals surface area contributed by atoms with Crippen molar-refractivity contribution < 1.29 is 4.79 Å². The Morgan fingerprint density at radius 1 is 1.17 bits per heavy atom. The highest BCUT2D eigenvalue weighted by Gasteiger charge is 2.13. The standard InChI is InChI=1S/C14H13ClN2O/c1-17(13-7-5-11(15)6-8-13)14(18)10-3-2-4-12(16)9-10/h2-9H,16H2,1H3. The number of carbonyl (C=O) groups is 1. The number of hydrogen-bond donors (Lipinski definition) is 1. The number of amides is 1. The van der Waals surface area contributed by atoms with Gasteiger partial charge in [0.1, 0.15) is 0 Å². The summed E-state index contributed by atoms with van der Waals surface area (Å²) in [6, 6.07) is 14.0. The average molecular weight is 261 g/mol. The van der Waals surface area contributed by atoms with Gasteiger partial charge in [-0.2, -0.15) is 0 Å². The molecule has 0 aliphatic heterocycles. The van der Waals surface area contributed by atoms with Gasteiger partial charge < -0.3 is 10.6 Å². The summed E-state index contributed by atoms with van der Waals surface area (Å²) in [5.41, 5.74) is 7.59. The number of hydrogen-bond acceptors (Lipinski definition) is 2. The van der Waals surface area contributed by atoms with Gasteiger partial charge >= 0.3 is 0 Å². The monoisotopic (exact) mass is 260 g/mol. The molecule has 0 spiro atoms. The average Bonchev–Trinajstić information content (AvgIpc) is 2.38. The Bertz CT molecular complexity index is 566. The summed E-state index contributed by atoms with van der Waals surface area (Å²) in [6.07, 6.45) is 0. The number of anilines is 2. The van der Waals surface area contributed by atoms with Gasteiger partial charge in [-0.25, -0.2) is 0 Å². The van der Waals surface area contributed by atoms with Gasteiger partial charge in [0.25, 0.3) is 5.91 Å². The van der Waals surface area contributed by atoms with Crippen LogP contribution in [0, 0.1) is 0 Å². The number of halogens is 1.